The fourth-order valence-corrected chi connectivity index (χ4v) is 3.86. The first-order chi connectivity index (χ1) is 17.2. The number of hydrogen-bond acceptors (Lipinski definition) is 7. The van der Waals surface area contributed by atoms with E-state index in [-0.39, 0.29) is 30.9 Å². The molecule has 4 rings (SSSR count). The van der Waals surface area contributed by atoms with E-state index < -0.39 is 0 Å². The van der Waals surface area contributed by atoms with Crippen molar-refractivity contribution in [2.24, 2.45) is 11.5 Å². The van der Waals surface area contributed by atoms with Crippen LogP contribution >= 0.6 is 12.4 Å². The van der Waals surface area contributed by atoms with Crippen LogP contribution in [0.5, 0.6) is 0 Å². The second-order valence-corrected chi connectivity index (χ2v) is 8.05. The number of carbonyl (C=O) groups is 1. The van der Waals surface area contributed by atoms with Crippen molar-refractivity contribution in [3.8, 4) is 22.4 Å². The fraction of sp³-hybridized carbons (Fsp3) is 0.185. The highest BCUT2D eigenvalue weighted by Crippen LogP contribution is 2.31. The van der Waals surface area contributed by atoms with Gasteiger partial charge >= 0.3 is 0 Å². The summed E-state index contributed by atoms with van der Waals surface area (Å²) in [6.07, 6.45) is 5.96. The third-order valence-electron chi connectivity index (χ3n) is 5.65. The smallest absolute Gasteiger partial charge is 0.234 e. The summed E-state index contributed by atoms with van der Waals surface area (Å²) in [6, 6.07) is 21.6. The Balaban J connectivity index is 0.00000361. The predicted molar refractivity (Wildman–Crippen MR) is 145 cm³/mol. The minimum atomic E-state index is -0.195. The van der Waals surface area contributed by atoms with Gasteiger partial charge in [0.15, 0.2) is 0 Å². The van der Waals surface area contributed by atoms with Crippen molar-refractivity contribution in [1.82, 2.24) is 20.3 Å². The maximum absolute atomic E-state index is 12.0. The normalized spacial score (nSPS) is 11.3. The van der Waals surface area contributed by atoms with Crippen LogP contribution in [0.3, 0.4) is 0 Å². The van der Waals surface area contributed by atoms with E-state index in [0.29, 0.717) is 25.5 Å². The number of hydrogen-bond donors (Lipinski definition) is 4. The van der Waals surface area contributed by atoms with E-state index in [1.54, 1.807) is 12.4 Å². The first-order valence-corrected chi connectivity index (χ1v) is 11.5. The molecule has 1 atom stereocenters. The molecule has 0 bridgehead atoms. The van der Waals surface area contributed by atoms with Gasteiger partial charge in [-0.25, -0.2) is 9.97 Å². The van der Waals surface area contributed by atoms with Crippen LogP contribution < -0.4 is 22.1 Å². The minimum Gasteiger partial charge on any atom is -0.354 e. The van der Waals surface area contributed by atoms with Crippen molar-refractivity contribution in [2.45, 2.75) is 19.0 Å². The molecule has 2 aromatic carbocycles. The number of halogens is 1. The second kappa shape index (κ2) is 13.3. The summed E-state index contributed by atoms with van der Waals surface area (Å²) in [5.41, 5.74) is 17.1. The predicted octanol–water partition coefficient (Wildman–Crippen LogP) is 3.70. The highest BCUT2D eigenvalue weighted by Gasteiger charge is 2.15. The Kier molecular flexibility index (Phi) is 9.88. The molecule has 9 heteroatoms. The molecule has 0 unspecified atom stereocenters. The maximum Gasteiger partial charge on any atom is 0.234 e. The zero-order valence-corrected chi connectivity index (χ0v) is 20.6. The fourth-order valence-electron chi connectivity index (χ4n) is 3.86. The van der Waals surface area contributed by atoms with E-state index in [2.05, 4.69) is 26.7 Å². The van der Waals surface area contributed by atoms with E-state index in [1.165, 1.54) is 0 Å². The summed E-state index contributed by atoms with van der Waals surface area (Å²) >= 11 is 0. The molecule has 0 aliphatic heterocycles. The quantitative estimate of drug-likeness (QED) is 0.259. The number of anilines is 1. The third kappa shape index (κ3) is 6.85. The van der Waals surface area contributed by atoms with Crippen molar-refractivity contribution in [3.63, 3.8) is 0 Å². The molecule has 36 heavy (non-hydrogen) atoms. The lowest BCUT2D eigenvalue weighted by molar-refractivity contribution is -0.120. The molecule has 2 aromatic heterocycles. The number of amides is 1. The van der Waals surface area contributed by atoms with Gasteiger partial charge in [0.2, 0.25) is 11.9 Å². The summed E-state index contributed by atoms with van der Waals surface area (Å²) in [4.78, 5) is 25.5. The monoisotopic (exact) mass is 503 g/mol. The van der Waals surface area contributed by atoms with Crippen molar-refractivity contribution in [2.75, 3.05) is 18.4 Å². The Hall–Kier alpha value is -3.85. The Labute approximate surface area is 217 Å². The Morgan fingerprint density at radius 3 is 2.44 bits per heavy atom. The Morgan fingerprint density at radius 1 is 0.944 bits per heavy atom. The number of carbonyl (C=O) groups excluding carboxylic acids is 1. The van der Waals surface area contributed by atoms with Crippen molar-refractivity contribution in [1.29, 1.82) is 0 Å². The number of nitrogens with one attached hydrogen (secondary N) is 2. The molecule has 0 aliphatic carbocycles. The lowest BCUT2D eigenvalue weighted by Crippen LogP contribution is -2.34. The topological polar surface area (TPSA) is 132 Å². The second-order valence-electron chi connectivity index (χ2n) is 8.05. The molecule has 0 saturated heterocycles. The summed E-state index contributed by atoms with van der Waals surface area (Å²) in [6.45, 7) is 0.965. The molecule has 0 saturated carbocycles. The van der Waals surface area contributed by atoms with Crippen LogP contribution in [0.1, 0.15) is 23.6 Å². The summed E-state index contributed by atoms with van der Waals surface area (Å²) in [5.74, 6) is 0.312. The lowest BCUT2D eigenvalue weighted by atomic mass is 10.00. The van der Waals surface area contributed by atoms with Gasteiger partial charge in [-0.2, -0.15) is 0 Å². The van der Waals surface area contributed by atoms with Gasteiger partial charge in [0.1, 0.15) is 0 Å². The molecular formula is C27H30ClN7O. The molecule has 0 spiro atoms. The lowest BCUT2D eigenvalue weighted by Gasteiger charge is -2.19. The Morgan fingerprint density at radius 2 is 1.72 bits per heavy atom. The zero-order valence-electron chi connectivity index (χ0n) is 19.8. The highest BCUT2D eigenvalue weighted by atomic mass is 35.5. The van der Waals surface area contributed by atoms with Crippen molar-refractivity contribution >= 4 is 24.3 Å². The average Bonchev–Trinajstić information content (AvgIpc) is 2.93. The molecule has 0 radical (unpaired) electrons. The van der Waals surface area contributed by atoms with Crippen LogP contribution in [0.25, 0.3) is 22.4 Å². The number of rotatable bonds is 10. The van der Waals surface area contributed by atoms with Crippen LogP contribution in [0, 0.1) is 0 Å². The van der Waals surface area contributed by atoms with Crippen LogP contribution in [0.2, 0.25) is 0 Å². The molecule has 0 aliphatic rings. The first kappa shape index (κ1) is 26.7. The van der Waals surface area contributed by atoms with E-state index in [4.69, 9.17) is 16.5 Å². The molecule has 4 aromatic rings. The zero-order chi connectivity index (χ0) is 24.5. The van der Waals surface area contributed by atoms with Crippen molar-refractivity contribution in [3.05, 3.63) is 96.4 Å². The highest BCUT2D eigenvalue weighted by molar-refractivity contribution is 5.85. The van der Waals surface area contributed by atoms with Crippen molar-refractivity contribution < 1.29 is 4.79 Å². The van der Waals surface area contributed by atoms with Crippen LogP contribution in [-0.2, 0) is 11.3 Å². The number of benzene rings is 2. The van der Waals surface area contributed by atoms with Gasteiger partial charge < -0.3 is 22.1 Å². The first-order valence-electron chi connectivity index (χ1n) is 11.5. The maximum atomic E-state index is 12.0. The van der Waals surface area contributed by atoms with Crippen LogP contribution in [0.15, 0.2) is 85.3 Å². The number of aromatic nitrogens is 3. The third-order valence-corrected chi connectivity index (χ3v) is 5.65. The SMILES string of the molecule is Cl.NCC(=O)N[C@@H](CCNc1ncc(-c2cccc(CN)c2)c(-c2ccncc2)n1)c1ccccc1. The van der Waals surface area contributed by atoms with Gasteiger partial charge in [0, 0.05) is 42.8 Å². The molecular weight excluding hydrogens is 474 g/mol. The van der Waals surface area contributed by atoms with Gasteiger partial charge in [-0.05, 0) is 41.3 Å². The van der Waals surface area contributed by atoms with Crippen LogP contribution in [-0.4, -0.2) is 33.9 Å². The van der Waals surface area contributed by atoms with E-state index in [9.17, 15) is 4.79 Å². The summed E-state index contributed by atoms with van der Waals surface area (Å²) in [5, 5.41) is 6.29. The summed E-state index contributed by atoms with van der Waals surface area (Å²) in [7, 11) is 0. The molecule has 0 fully saturated rings. The van der Waals surface area contributed by atoms with Gasteiger partial charge in [-0.3, -0.25) is 9.78 Å². The van der Waals surface area contributed by atoms with Gasteiger partial charge in [-0.1, -0.05) is 48.5 Å². The van der Waals surface area contributed by atoms with E-state index in [0.717, 1.165) is 33.5 Å². The average molecular weight is 504 g/mol. The van der Waals surface area contributed by atoms with Gasteiger partial charge in [-0.15, -0.1) is 12.4 Å². The molecule has 186 valence electrons. The molecule has 6 N–H and O–H groups in total. The Bertz CT molecular complexity index is 1260. The number of nitrogens with two attached hydrogens (primary N) is 2. The number of nitrogens with zero attached hydrogens (tertiary/aromatic N) is 3. The largest absolute Gasteiger partial charge is 0.354 e. The van der Waals surface area contributed by atoms with E-state index >= 15 is 0 Å². The molecule has 1 amide bonds. The summed E-state index contributed by atoms with van der Waals surface area (Å²) < 4.78 is 0. The van der Waals surface area contributed by atoms with Gasteiger partial charge in [0.25, 0.3) is 0 Å². The molecule has 8 nitrogen and oxygen atoms in total. The molecule has 2 heterocycles. The van der Waals surface area contributed by atoms with Gasteiger partial charge in [0.05, 0.1) is 18.3 Å². The standard InChI is InChI=1S/C27H29N7O.ClH/c28-16-19-5-4-8-22(15-19)23-18-32-27(34-26(23)21-9-12-30-13-10-21)31-14-11-24(33-25(35)17-29)20-6-2-1-3-7-20;/h1-10,12-13,15,18,24H,11,14,16-17,28-29H2,(H,33,35)(H,31,32,34);1H/t24-;/m0./s1. The van der Waals surface area contributed by atoms with E-state index in [1.807, 2.05) is 66.9 Å². The van der Waals surface area contributed by atoms with Crippen LogP contribution in [0.4, 0.5) is 5.95 Å². The minimum absolute atomic E-state index is 0. The number of pyridine rings is 1.